The molecule has 3 aromatic heterocycles. The highest BCUT2D eigenvalue weighted by atomic mass is 32.1. The fourth-order valence-corrected chi connectivity index (χ4v) is 4.12. The Balaban J connectivity index is 1.64. The van der Waals surface area contributed by atoms with Crippen LogP contribution in [0.25, 0.3) is 10.2 Å². The fourth-order valence-electron chi connectivity index (χ4n) is 3.18. The summed E-state index contributed by atoms with van der Waals surface area (Å²) in [6.45, 7) is 0.720. The Hall–Kier alpha value is -3.59. The van der Waals surface area contributed by atoms with Crippen LogP contribution in [0.5, 0.6) is 11.5 Å². The summed E-state index contributed by atoms with van der Waals surface area (Å²) in [5.41, 5.74) is 1.18. The molecule has 0 fully saturated rings. The van der Waals surface area contributed by atoms with Gasteiger partial charge in [-0.25, -0.2) is 4.79 Å². The van der Waals surface area contributed by atoms with Gasteiger partial charge in [-0.15, -0.1) is 11.3 Å². The molecular formula is C20H17N3O5S. The van der Waals surface area contributed by atoms with Gasteiger partial charge in [-0.1, -0.05) is 12.1 Å². The zero-order chi connectivity index (χ0) is 20.5. The van der Waals surface area contributed by atoms with Gasteiger partial charge in [0.2, 0.25) is 0 Å². The summed E-state index contributed by atoms with van der Waals surface area (Å²) in [5, 5.41) is 25.5. The van der Waals surface area contributed by atoms with E-state index in [1.165, 1.54) is 15.9 Å². The molecule has 3 heterocycles. The van der Waals surface area contributed by atoms with Gasteiger partial charge in [0, 0.05) is 11.8 Å². The lowest BCUT2D eigenvalue weighted by Gasteiger charge is -2.10. The summed E-state index contributed by atoms with van der Waals surface area (Å²) in [6.07, 6.45) is 3.47. The van der Waals surface area contributed by atoms with E-state index >= 15 is 0 Å². The van der Waals surface area contributed by atoms with E-state index in [4.69, 9.17) is 4.74 Å². The second-order valence-electron chi connectivity index (χ2n) is 6.45. The number of carboxylic acids is 1. The van der Waals surface area contributed by atoms with Gasteiger partial charge in [0.1, 0.15) is 11.3 Å². The zero-order valence-electron chi connectivity index (χ0n) is 15.4. The number of hydrogen-bond acceptors (Lipinski definition) is 6. The number of methoxy groups -OCH3 is 1. The van der Waals surface area contributed by atoms with Crippen molar-refractivity contribution in [2.75, 3.05) is 7.11 Å². The molecule has 0 radical (unpaired) electrons. The highest BCUT2D eigenvalue weighted by molar-refractivity contribution is 7.17. The van der Waals surface area contributed by atoms with Crippen LogP contribution in [-0.4, -0.2) is 37.6 Å². The Kier molecular flexibility index (Phi) is 4.81. The largest absolute Gasteiger partial charge is 0.502 e. The van der Waals surface area contributed by atoms with Crippen molar-refractivity contribution in [2.24, 2.45) is 0 Å². The third kappa shape index (κ3) is 3.47. The van der Waals surface area contributed by atoms with Gasteiger partial charge in [-0.05, 0) is 29.1 Å². The quantitative estimate of drug-likeness (QED) is 0.505. The number of carboxylic acid groups (broad SMARTS) is 1. The molecule has 0 aliphatic carbocycles. The number of rotatable bonds is 6. The van der Waals surface area contributed by atoms with Crippen LogP contribution in [0, 0.1) is 0 Å². The van der Waals surface area contributed by atoms with Crippen molar-refractivity contribution in [2.45, 2.75) is 13.1 Å². The second kappa shape index (κ2) is 7.44. The molecule has 2 N–H and O–H groups in total. The first-order chi connectivity index (χ1) is 14.0. The van der Waals surface area contributed by atoms with Crippen molar-refractivity contribution < 1.29 is 19.7 Å². The SMILES string of the molecule is COc1ccc(Cn2cc(Cn3c(=O)c(O)c(C(=O)O)c4sccc43)cn2)cc1. The summed E-state index contributed by atoms with van der Waals surface area (Å²) < 4.78 is 8.62. The molecule has 0 aliphatic rings. The molecule has 4 aromatic rings. The lowest BCUT2D eigenvalue weighted by atomic mass is 10.2. The lowest BCUT2D eigenvalue weighted by Crippen LogP contribution is -2.22. The first-order valence-corrected chi connectivity index (χ1v) is 9.56. The molecule has 148 valence electrons. The van der Waals surface area contributed by atoms with E-state index in [1.807, 2.05) is 30.5 Å². The van der Waals surface area contributed by atoms with Crippen LogP contribution < -0.4 is 10.3 Å². The monoisotopic (exact) mass is 411 g/mol. The van der Waals surface area contributed by atoms with Crippen LogP contribution in [0.3, 0.4) is 0 Å². The van der Waals surface area contributed by atoms with Gasteiger partial charge in [0.15, 0.2) is 5.75 Å². The Morgan fingerprint density at radius 2 is 1.93 bits per heavy atom. The van der Waals surface area contributed by atoms with Crippen molar-refractivity contribution >= 4 is 27.5 Å². The molecule has 0 bridgehead atoms. The van der Waals surface area contributed by atoms with Gasteiger partial charge in [-0.2, -0.15) is 5.10 Å². The van der Waals surface area contributed by atoms with Crippen molar-refractivity contribution in [1.29, 1.82) is 0 Å². The summed E-state index contributed by atoms with van der Waals surface area (Å²) in [5.74, 6) is -1.30. The van der Waals surface area contributed by atoms with Gasteiger partial charge in [-0.3, -0.25) is 14.0 Å². The molecule has 0 atom stereocenters. The first-order valence-electron chi connectivity index (χ1n) is 8.68. The number of thiophene rings is 1. The van der Waals surface area contributed by atoms with Gasteiger partial charge >= 0.3 is 5.97 Å². The zero-order valence-corrected chi connectivity index (χ0v) is 16.2. The standard InChI is InChI=1S/C20H17N3O5S/c1-28-14-4-2-12(3-5-14)9-22-10-13(8-21-22)11-23-15-6-7-29-18(15)16(20(26)27)17(24)19(23)25/h2-8,10,24H,9,11H2,1H3,(H,26,27). The van der Waals surface area contributed by atoms with E-state index in [0.29, 0.717) is 16.8 Å². The van der Waals surface area contributed by atoms with E-state index in [2.05, 4.69) is 5.10 Å². The Morgan fingerprint density at radius 1 is 1.17 bits per heavy atom. The second-order valence-corrected chi connectivity index (χ2v) is 7.37. The van der Waals surface area contributed by atoms with Crippen molar-refractivity contribution in [3.05, 3.63) is 75.1 Å². The number of carbonyl (C=O) groups is 1. The van der Waals surface area contributed by atoms with E-state index in [1.54, 1.807) is 29.4 Å². The van der Waals surface area contributed by atoms with Crippen LogP contribution in [0.1, 0.15) is 21.5 Å². The molecule has 29 heavy (non-hydrogen) atoms. The predicted molar refractivity (Wildman–Crippen MR) is 108 cm³/mol. The minimum Gasteiger partial charge on any atom is -0.502 e. The molecule has 0 unspecified atom stereocenters. The molecule has 0 aliphatic heterocycles. The normalized spacial score (nSPS) is 11.1. The molecule has 0 saturated heterocycles. The number of aromatic nitrogens is 3. The maximum absolute atomic E-state index is 12.6. The number of fused-ring (bicyclic) bond motifs is 1. The number of nitrogens with zero attached hydrogens (tertiary/aromatic N) is 3. The van der Waals surface area contributed by atoms with Crippen LogP contribution in [0.15, 0.2) is 52.9 Å². The lowest BCUT2D eigenvalue weighted by molar-refractivity contribution is 0.0695. The molecule has 0 spiro atoms. The molecule has 0 saturated carbocycles. The predicted octanol–water partition coefficient (Wildman–Crippen LogP) is 2.77. The molecule has 8 nitrogen and oxygen atoms in total. The first kappa shape index (κ1) is 18.8. The number of aromatic carboxylic acids is 1. The van der Waals surface area contributed by atoms with Crippen LogP contribution in [0.2, 0.25) is 0 Å². The number of benzene rings is 1. The van der Waals surface area contributed by atoms with E-state index in [0.717, 1.165) is 16.9 Å². The van der Waals surface area contributed by atoms with Gasteiger partial charge in [0.05, 0.1) is 36.6 Å². The molecule has 1 aromatic carbocycles. The maximum atomic E-state index is 12.6. The number of aromatic hydroxyl groups is 1. The van der Waals surface area contributed by atoms with E-state index < -0.39 is 17.3 Å². The summed E-state index contributed by atoms with van der Waals surface area (Å²) >= 11 is 1.17. The Bertz CT molecular complexity index is 1250. The minimum absolute atomic E-state index is 0.169. The highest BCUT2D eigenvalue weighted by Gasteiger charge is 2.22. The maximum Gasteiger partial charge on any atom is 0.341 e. The van der Waals surface area contributed by atoms with E-state index in [9.17, 15) is 19.8 Å². The third-order valence-electron chi connectivity index (χ3n) is 4.59. The summed E-state index contributed by atoms with van der Waals surface area (Å²) in [6, 6.07) is 9.32. The number of hydrogen-bond donors (Lipinski definition) is 2. The topological polar surface area (TPSA) is 107 Å². The van der Waals surface area contributed by atoms with Crippen LogP contribution in [0.4, 0.5) is 0 Å². The number of ether oxygens (including phenoxy) is 1. The van der Waals surface area contributed by atoms with Crippen molar-refractivity contribution in [3.8, 4) is 11.5 Å². The minimum atomic E-state index is -1.33. The van der Waals surface area contributed by atoms with Gasteiger partial charge < -0.3 is 14.9 Å². The Morgan fingerprint density at radius 3 is 2.62 bits per heavy atom. The molecule has 9 heteroatoms. The molecule has 4 rings (SSSR count). The Labute approximate surface area is 168 Å². The van der Waals surface area contributed by atoms with Crippen molar-refractivity contribution in [1.82, 2.24) is 14.3 Å². The van der Waals surface area contributed by atoms with Crippen LogP contribution >= 0.6 is 11.3 Å². The average molecular weight is 411 g/mol. The van der Waals surface area contributed by atoms with Crippen LogP contribution in [-0.2, 0) is 13.1 Å². The van der Waals surface area contributed by atoms with E-state index in [-0.39, 0.29) is 12.1 Å². The average Bonchev–Trinajstić information content (AvgIpc) is 3.35. The number of pyridine rings is 1. The fraction of sp³-hybridized carbons (Fsp3) is 0.150. The third-order valence-corrected chi connectivity index (χ3v) is 5.51. The smallest absolute Gasteiger partial charge is 0.341 e. The molecular weight excluding hydrogens is 394 g/mol. The van der Waals surface area contributed by atoms with Crippen molar-refractivity contribution in [3.63, 3.8) is 0 Å². The highest BCUT2D eigenvalue weighted by Crippen LogP contribution is 2.29. The van der Waals surface area contributed by atoms with Gasteiger partial charge in [0.25, 0.3) is 5.56 Å². The summed E-state index contributed by atoms with van der Waals surface area (Å²) in [7, 11) is 1.61. The molecule has 0 amide bonds. The summed E-state index contributed by atoms with van der Waals surface area (Å²) in [4.78, 5) is 24.0.